The summed E-state index contributed by atoms with van der Waals surface area (Å²) in [5, 5.41) is 4.56. The lowest BCUT2D eigenvalue weighted by Crippen LogP contribution is -2.23. The molecule has 2 unspecified atom stereocenters. The molecule has 0 saturated heterocycles. The van der Waals surface area contributed by atoms with E-state index in [1.807, 2.05) is 0 Å². The van der Waals surface area contributed by atoms with Crippen LogP contribution in [0.15, 0.2) is 0 Å². The Kier molecular flexibility index (Phi) is 3.81. The fraction of sp³-hybridized carbons (Fsp3) is 0.800. The minimum absolute atomic E-state index is 0.253. The number of nitrogens with one attached hydrogen (secondary N) is 1. The van der Waals surface area contributed by atoms with Gasteiger partial charge in [0.15, 0.2) is 0 Å². The smallest absolute Gasteiger partial charge is 0.202 e. The molecule has 2 rings (SSSR count). The van der Waals surface area contributed by atoms with Crippen molar-refractivity contribution in [1.82, 2.24) is 9.36 Å². The Balaban J connectivity index is 1.92. The standard InChI is InChI=1S/C10H16ClN3S/c1-2-4-9-13-10(15-14-9)12-8-6-3-5-7(8)11/h7-8H,2-6H2,1H3,(H,12,13,14). The predicted octanol–water partition coefficient (Wildman–Crippen LogP) is 3.06. The molecule has 1 fully saturated rings. The molecule has 1 N–H and O–H groups in total. The van der Waals surface area contributed by atoms with Gasteiger partial charge in [-0.15, -0.1) is 11.6 Å². The molecule has 1 aliphatic rings. The zero-order valence-electron chi connectivity index (χ0n) is 8.87. The average molecular weight is 246 g/mol. The molecule has 1 aromatic heterocycles. The Bertz CT molecular complexity index is 315. The van der Waals surface area contributed by atoms with Crippen molar-refractivity contribution in [1.29, 1.82) is 0 Å². The van der Waals surface area contributed by atoms with Crippen LogP contribution in [0.2, 0.25) is 0 Å². The number of rotatable bonds is 4. The van der Waals surface area contributed by atoms with Crippen molar-refractivity contribution < 1.29 is 0 Å². The topological polar surface area (TPSA) is 37.8 Å². The molecule has 0 aliphatic heterocycles. The zero-order chi connectivity index (χ0) is 10.7. The van der Waals surface area contributed by atoms with Crippen molar-refractivity contribution in [3.05, 3.63) is 5.82 Å². The first kappa shape index (κ1) is 11.1. The van der Waals surface area contributed by atoms with Crippen LogP contribution in [0.4, 0.5) is 5.13 Å². The molecule has 15 heavy (non-hydrogen) atoms. The van der Waals surface area contributed by atoms with E-state index in [0.717, 1.165) is 36.6 Å². The van der Waals surface area contributed by atoms with Crippen LogP contribution >= 0.6 is 23.1 Å². The molecule has 1 heterocycles. The highest BCUT2D eigenvalue weighted by atomic mass is 35.5. The molecule has 1 saturated carbocycles. The van der Waals surface area contributed by atoms with Crippen LogP contribution in [0.25, 0.3) is 0 Å². The number of aryl methyl sites for hydroxylation is 1. The monoisotopic (exact) mass is 245 g/mol. The van der Waals surface area contributed by atoms with Gasteiger partial charge >= 0.3 is 0 Å². The van der Waals surface area contributed by atoms with Gasteiger partial charge in [-0.25, -0.2) is 4.98 Å². The second-order valence-electron chi connectivity index (χ2n) is 3.96. The van der Waals surface area contributed by atoms with Crippen LogP contribution in [0.1, 0.15) is 38.4 Å². The van der Waals surface area contributed by atoms with Crippen LogP contribution in [0, 0.1) is 0 Å². The number of nitrogens with zero attached hydrogens (tertiary/aromatic N) is 2. The van der Waals surface area contributed by atoms with E-state index in [1.54, 1.807) is 0 Å². The summed E-state index contributed by atoms with van der Waals surface area (Å²) >= 11 is 7.64. The Morgan fingerprint density at radius 2 is 2.40 bits per heavy atom. The van der Waals surface area contributed by atoms with Gasteiger partial charge in [0.2, 0.25) is 5.13 Å². The van der Waals surface area contributed by atoms with E-state index in [0.29, 0.717) is 6.04 Å². The number of anilines is 1. The summed E-state index contributed by atoms with van der Waals surface area (Å²) in [5.41, 5.74) is 0. The molecule has 0 bridgehead atoms. The van der Waals surface area contributed by atoms with E-state index >= 15 is 0 Å². The van der Waals surface area contributed by atoms with Gasteiger partial charge in [-0.3, -0.25) is 0 Å². The molecular weight excluding hydrogens is 230 g/mol. The number of aromatic nitrogens is 2. The van der Waals surface area contributed by atoms with Crippen LogP contribution in [-0.4, -0.2) is 20.8 Å². The molecule has 0 aromatic carbocycles. The van der Waals surface area contributed by atoms with Gasteiger partial charge in [-0.2, -0.15) is 4.37 Å². The minimum Gasteiger partial charge on any atom is -0.356 e. The van der Waals surface area contributed by atoms with Gasteiger partial charge in [-0.05, 0) is 25.7 Å². The maximum Gasteiger partial charge on any atom is 0.202 e. The first-order valence-corrected chi connectivity index (χ1v) is 6.73. The normalized spacial score (nSPS) is 25.7. The molecule has 5 heteroatoms. The maximum absolute atomic E-state index is 6.19. The van der Waals surface area contributed by atoms with Gasteiger partial charge in [0.05, 0.1) is 5.38 Å². The molecule has 0 spiro atoms. The summed E-state index contributed by atoms with van der Waals surface area (Å²) in [6, 6.07) is 0.383. The first-order chi connectivity index (χ1) is 7.29. The van der Waals surface area contributed by atoms with Crippen LogP contribution in [0.3, 0.4) is 0 Å². The Hall–Kier alpha value is -0.350. The number of hydrogen-bond donors (Lipinski definition) is 1. The Morgan fingerprint density at radius 3 is 3.07 bits per heavy atom. The van der Waals surface area contributed by atoms with Crippen molar-refractivity contribution in [3.8, 4) is 0 Å². The van der Waals surface area contributed by atoms with Crippen molar-refractivity contribution >= 4 is 28.3 Å². The molecule has 1 aromatic rings. The summed E-state index contributed by atoms with van der Waals surface area (Å²) in [6.45, 7) is 2.14. The summed E-state index contributed by atoms with van der Waals surface area (Å²) < 4.78 is 4.30. The summed E-state index contributed by atoms with van der Waals surface area (Å²) in [6.07, 6.45) is 5.54. The van der Waals surface area contributed by atoms with Crippen molar-refractivity contribution in [2.24, 2.45) is 0 Å². The van der Waals surface area contributed by atoms with Gasteiger partial charge in [0, 0.05) is 24.0 Å². The molecule has 0 radical (unpaired) electrons. The fourth-order valence-corrected chi connectivity index (χ4v) is 2.89. The largest absolute Gasteiger partial charge is 0.356 e. The van der Waals surface area contributed by atoms with Gasteiger partial charge in [-0.1, -0.05) is 6.92 Å². The van der Waals surface area contributed by atoms with Crippen molar-refractivity contribution in [3.63, 3.8) is 0 Å². The lowest BCUT2D eigenvalue weighted by Gasteiger charge is -2.13. The maximum atomic E-state index is 6.19. The van der Waals surface area contributed by atoms with E-state index in [9.17, 15) is 0 Å². The highest BCUT2D eigenvalue weighted by Crippen LogP contribution is 2.27. The third-order valence-corrected chi connectivity index (χ3v) is 3.89. The summed E-state index contributed by atoms with van der Waals surface area (Å²) in [7, 11) is 0. The van der Waals surface area contributed by atoms with E-state index in [2.05, 4.69) is 21.6 Å². The molecule has 0 amide bonds. The van der Waals surface area contributed by atoms with E-state index in [-0.39, 0.29) is 5.38 Å². The number of alkyl halides is 1. The molecular formula is C10H16ClN3S. The third kappa shape index (κ3) is 2.82. The second kappa shape index (κ2) is 5.12. The van der Waals surface area contributed by atoms with Crippen molar-refractivity contribution in [2.45, 2.75) is 50.4 Å². The second-order valence-corrected chi connectivity index (χ2v) is 5.28. The number of halogens is 1. The van der Waals surface area contributed by atoms with E-state index in [1.165, 1.54) is 18.0 Å². The Morgan fingerprint density at radius 1 is 1.53 bits per heavy atom. The van der Waals surface area contributed by atoms with Gasteiger partial charge < -0.3 is 5.32 Å². The molecule has 2 atom stereocenters. The minimum atomic E-state index is 0.253. The van der Waals surface area contributed by atoms with Crippen LogP contribution in [-0.2, 0) is 6.42 Å². The zero-order valence-corrected chi connectivity index (χ0v) is 10.4. The van der Waals surface area contributed by atoms with E-state index in [4.69, 9.17) is 11.6 Å². The van der Waals surface area contributed by atoms with E-state index < -0.39 is 0 Å². The lowest BCUT2D eigenvalue weighted by atomic mass is 10.2. The highest BCUT2D eigenvalue weighted by molar-refractivity contribution is 7.09. The van der Waals surface area contributed by atoms with Crippen molar-refractivity contribution in [2.75, 3.05) is 5.32 Å². The highest BCUT2D eigenvalue weighted by Gasteiger charge is 2.25. The quantitative estimate of drug-likeness (QED) is 0.829. The predicted molar refractivity (Wildman–Crippen MR) is 64.8 cm³/mol. The first-order valence-electron chi connectivity index (χ1n) is 5.52. The van der Waals surface area contributed by atoms with Gasteiger partial charge in [0.25, 0.3) is 0 Å². The lowest BCUT2D eigenvalue weighted by molar-refractivity contribution is 0.758. The Labute approximate surface area is 99.4 Å². The SMILES string of the molecule is CCCc1nsc(NC2CCCC2Cl)n1. The van der Waals surface area contributed by atoms with Gasteiger partial charge in [0.1, 0.15) is 5.82 Å². The summed E-state index contributed by atoms with van der Waals surface area (Å²) in [5.74, 6) is 0.953. The molecule has 1 aliphatic carbocycles. The third-order valence-electron chi connectivity index (χ3n) is 2.68. The molecule has 3 nitrogen and oxygen atoms in total. The summed E-state index contributed by atoms with van der Waals surface area (Å²) in [4.78, 5) is 4.44. The number of hydrogen-bond acceptors (Lipinski definition) is 4. The van der Waals surface area contributed by atoms with Crippen LogP contribution in [0.5, 0.6) is 0 Å². The van der Waals surface area contributed by atoms with Crippen LogP contribution < -0.4 is 5.32 Å². The average Bonchev–Trinajstić information content (AvgIpc) is 2.79. The molecule has 84 valence electrons. The fourth-order valence-electron chi connectivity index (χ4n) is 1.87.